The number of unbranched alkanes of at least 4 members (excludes halogenated alkanes) is 3. The molecule has 37 heavy (non-hydrogen) atoms. The molecule has 4 rings (SSSR count). The Bertz CT molecular complexity index is 1010. The lowest BCUT2D eigenvalue weighted by molar-refractivity contribution is -0.215. The molecule has 0 radical (unpaired) electrons. The fourth-order valence-electron chi connectivity index (χ4n) is 8.08. The number of carbonyl (C=O) groups is 3. The zero-order valence-corrected chi connectivity index (χ0v) is 22.5. The standard InChI is InChI=1S/C29H42FNO6/c1-5-6-7-8-13-31-25(35)37-17-24(34)29(36)18(2)14-22-21-10-9-19-15-20(32)11-12-26(19,3)28(21,30)23(33)16-27(22,29)4/h9,11-12,18,21-23,33,36H,5-8,10,13-17H2,1-4H3,(H,31,35)/t18-,21?,22?,23+,26+,27+,28+,29+/m1/s1. The van der Waals surface area contributed by atoms with Crippen molar-refractivity contribution >= 4 is 17.7 Å². The van der Waals surface area contributed by atoms with Crippen LogP contribution in [0, 0.1) is 28.6 Å². The number of allylic oxidation sites excluding steroid dienone is 4. The summed E-state index contributed by atoms with van der Waals surface area (Å²) in [4.78, 5) is 37.6. The lowest BCUT2D eigenvalue weighted by Gasteiger charge is -2.62. The van der Waals surface area contributed by atoms with E-state index in [4.69, 9.17) is 4.74 Å². The van der Waals surface area contributed by atoms with Crippen LogP contribution in [0.25, 0.3) is 0 Å². The average Bonchev–Trinajstić information content (AvgIpc) is 3.05. The number of aliphatic hydroxyl groups is 2. The van der Waals surface area contributed by atoms with Gasteiger partial charge >= 0.3 is 6.09 Å². The minimum atomic E-state index is -2.03. The summed E-state index contributed by atoms with van der Waals surface area (Å²) < 4.78 is 22.4. The van der Waals surface area contributed by atoms with E-state index in [0.717, 1.165) is 25.7 Å². The second kappa shape index (κ2) is 9.92. The van der Waals surface area contributed by atoms with Gasteiger partial charge in [0.05, 0.1) is 6.10 Å². The van der Waals surface area contributed by atoms with Crippen LogP contribution in [-0.4, -0.2) is 58.4 Å². The van der Waals surface area contributed by atoms with Crippen molar-refractivity contribution in [3.05, 3.63) is 23.8 Å². The first-order valence-corrected chi connectivity index (χ1v) is 13.8. The van der Waals surface area contributed by atoms with Gasteiger partial charge in [-0.05, 0) is 50.5 Å². The van der Waals surface area contributed by atoms with E-state index in [2.05, 4.69) is 12.2 Å². The third-order valence-corrected chi connectivity index (χ3v) is 10.2. The molecule has 2 saturated carbocycles. The number of hydrogen-bond acceptors (Lipinski definition) is 6. The SMILES string of the molecule is CCCCCCNC(=O)OCC(=O)[C@@]1(O)[C@H](C)CC2C3CC=C4CC(=O)C=C[C@]4(C)[C@@]3(F)[C@@H](O)C[C@@]21C. The van der Waals surface area contributed by atoms with E-state index in [1.807, 2.05) is 6.08 Å². The number of ketones is 2. The number of rotatable bonds is 8. The number of ether oxygens (including phenoxy) is 1. The number of alkyl halides is 1. The maximum absolute atomic E-state index is 17.2. The molecule has 0 aromatic rings. The molecule has 8 heteroatoms. The monoisotopic (exact) mass is 519 g/mol. The van der Waals surface area contributed by atoms with E-state index in [0.29, 0.717) is 25.0 Å². The van der Waals surface area contributed by atoms with Gasteiger partial charge in [-0.15, -0.1) is 0 Å². The minimum Gasteiger partial charge on any atom is -0.441 e. The van der Waals surface area contributed by atoms with Gasteiger partial charge in [-0.25, -0.2) is 9.18 Å². The van der Waals surface area contributed by atoms with E-state index in [-0.39, 0.29) is 24.5 Å². The highest BCUT2D eigenvalue weighted by Gasteiger charge is 2.75. The molecular formula is C29H42FNO6. The minimum absolute atomic E-state index is 0.0830. The second-order valence-corrected chi connectivity index (χ2v) is 12.2. The first-order chi connectivity index (χ1) is 17.4. The number of alkyl carbamates (subject to hydrolysis) is 1. The Morgan fingerprint density at radius 3 is 2.65 bits per heavy atom. The number of hydrogen-bond donors (Lipinski definition) is 3. The Morgan fingerprint density at radius 2 is 1.95 bits per heavy atom. The molecule has 7 nitrogen and oxygen atoms in total. The maximum Gasteiger partial charge on any atom is 0.407 e. The maximum atomic E-state index is 17.2. The van der Waals surface area contributed by atoms with E-state index >= 15 is 4.39 Å². The fraction of sp³-hybridized carbons (Fsp3) is 0.759. The van der Waals surface area contributed by atoms with Gasteiger partial charge in [0.25, 0.3) is 0 Å². The molecule has 0 aromatic carbocycles. The molecular weight excluding hydrogens is 477 g/mol. The molecule has 2 fully saturated rings. The number of halogens is 1. The van der Waals surface area contributed by atoms with Crippen molar-refractivity contribution in [3.63, 3.8) is 0 Å². The molecule has 4 aliphatic rings. The van der Waals surface area contributed by atoms with Gasteiger partial charge in [-0.3, -0.25) is 9.59 Å². The second-order valence-electron chi connectivity index (χ2n) is 12.2. The lowest BCUT2D eigenvalue weighted by Crippen LogP contribution is -2.69. The first-order valence-electron chi connectivity index (χ1n) is 13.8. The number of Topliss-reactive ketones (excluding diaryl/α,β-unsaturated/α-hetero) is 1. The fourth-order valence-corrected chi connectivity index (χ4v) is 8.08. The first kappa shape index (κ1) is 28.0. The molecule has 0 bridgehead atoms. The molecule has 3 N–H and O–H groups in total. The van der Waals surface area contributed by atoms with Crippen LogP contribution in [0.5, 0.6) is 0 Å². The van der Waals surface area contributed by atoms with E-state index in [9.17, 15) is 24.6 Å². The van der Waals surface area contributed by atoms with Crippen LogP contribution in [0.3, 0.4) is 0 Å². The van der Waals surface area contributed by atoms with E-state index in [1.165, 1.54) is 6.08 Å². The quantitative estimate of drug-likeness (QED) is 0.327. The van der Waals surface area contributed by atoms with Crippen LogP contribution in [0.4, 0.5) is 9.18 Å². The highest BCUT2D eigenvalue weighted by molar-refractivity contribution is 5.94. The van der Waals surface area contributed by atoms with E-state index < -0.39 is 58.5 Å². The molecule has 0 spiro atoms. The third kappa shape index (κ3) is 4.10. The van der Waals surface area contributed by atoms with Crippen LogP contribution in [0.1, 0.15) is 79.1 Å². The van der Waals surface area contributed by atoms with Crippen molar-refractivity contribution in [3.8, 4) is 0 Å². The van der Waals surface area contributed by atoms with Crippen molar-refractivity contribution < 1.29 is 33.7 Å². The number of amides is 1. The summed E-state index contributed by atoms with van der Waals surface area (Å²) in [5, 5.41) is 25.9. The van der Waals surface area contributed by atoms with Crippen LogP contribution in [0.15, 0.2) is 23.8 Å². The van der Waals surface area contributed by atoms with Gasteiger partial charge in [0.15, 0.2) is 18.1 Å². The van der Waals surface area contributed by atoms with Gasteiger partial charge < -0.3 is 20.3 Å². The molecule has 8 atom stereocenters. The van der Waals surface area contributed by atoms with Gasteiger partial charge in [-0.2, -0.15) is 0 Å². The highest BCUT2D eigenvalue weighted by Crippen LogP contribution is 2.70. The molecule has 0 heterocycles. The van der Waals surface area contributed by atoms with Crippen LogP contribution >= 0.6 is 0 Å². The molecule has 1 amide bonds. The van der Waals surface area contributed by atoms with Crippen molar-refractivity contribution in [2.45, 2.75) is 96.4 Å². The molecule has 0 aromatic heterocycles. The molecule has 206 valence electrons. The summed E-state index contributed by atoms with van der Waals surface area (Å²) in [5.74, 6) is -2.22. The zero-order valence-electron chi connectivity index (χ0n) is 22.5. The van der Waals surface area contributed by atoms with Gasteiger partial charge in [0.1, 0.15) is 5.60 Å². The number of carbonyl (C=O) groups excluding carboxylic acids is 3. The van der Waals surface area contributed by atoms with Crippen molar-refractivity contribution in [2.75, 3.05) is 13.2 Å². The molecule has 2 unspecified atom stereocenters. The van der Waals surface area contributed by atoms with Crippen molar-refractivity contribution in [2.24, 2.45) is 28.6 Å². The topological polar surface area (TPSA) is 113 Å². The van der Waals surface area contributed by atoms with Crippen LogP contribution in [0.2, 0.25) is 0 Å². The van der Waals surface area contributed by atoms with Crippen molar-refractivity contribution in [1.82, 2.24) is 5.32 Å². The Morgan fingerprint density at radius 1 is 1.22 bits per heavy atom. The number of aliphatic hydroxyl groups excluding tert-OH is 1. The molecule has 0 aliphatic heterocycles. The van der Waals surface area contributed by atoms with Crippen molar-refractivity contribution in [1.29, 1.82) is 0 Å². The Balaban J connectivity index is 1.53. The number of fused-ring (bicyclic) bond motifs is 5. The summed E-state index contributed by atoms with van der Waals surface area (Å²) in [6.45, 7) is 7.24. The molecule has 4 aliphatic carbocycles. The highest BCUT2D eigenvalue weighted by atomic mass is 19.1. The van der Waals surface area contributed by atoms with Crippen LogP contribution in [-0.2, 0) is 14.3 Å². The van der Waals surface area contributed by atoms with Gasteiger partial charge in [-0.1, -0.05) is 57.8 Å². The predicted octanol–water partition coefficient (Wildman–Crippen LogP) is 4.21. The Kier molecular flexibility index (Phi) is 7.49. The third-order valence-electron chi connectivity index (χ3n) is 10.2. The Hall–Kier alpha value is -2.06. The van der Waals surface area contributed by atoms with Crippen LogP contribution < -0.4 is 5.32 Å². The normalized spacial score (nSPS) is 42.4. The summed E-state index contributed by atoms with van der Waals surface area (Å²) in [6.07, 6.45) is 7.51. The molecule has 0 saturated heterocycles. The van der Waals surface area contributed by atoms with Gasteiger partial charge in [0, 0.05) is 29.7 Å². The average molecular weight is 520 g/mol. The van der Waals surface area contributed by atoms with Gasteiger partial charge in [0.2, 0.25) is 5.78 Å². The summed E-state index contributed by atoms with van der Waals surface area (Å²) in [7, 11) is 0. The summed E-state index contributed by atoms with van der Waals surface area (Å²) in [6, 6.07) is 0. The lowest BCUT2D eigenvalue weighted by atomic mass is 9.45. The van der Waals surface area contributed by atoms with E-state index in [1.54, 1.807) is 26.8 Å². The summed E-state index contributed by atoms with van der Waals surface area (Å²) >= 11 is 0. The summed E-state index contributed by atoms with van der Waals surface area (Å²) in [5.41, 5.74) is -5.44. The zero-order chi connectivity index (χ0) is 27.2. The predicted molar refractivity (Wildman–Crippen MR) is 136 cm³/mol. The largest absolute Gasteiger partial charge is 0.441 e. The smallest absolute Gasteiger partial charge is 0.407 e. The number of nitrogens with one attached hydrogen (secondary N) is 1. The Labute approximate surface area is 218 Å².